The van der Waals surface area contributed by atoms with E-state index < -0.39 is 0 Å². The number of carbonyl (C=O) groups is 2. The number of hydrogen-bond donors (Lipinski definition) is 1. The number of carbonyl (C=O) groups excluding carboxylic acids is 2. The molecule has 0 bridgehead atoms. The van der Waals surface area contributed by atoms with Gasteiger partial charge in [0.25, 0.3) is 5.91 Å². The summed E-state index contributed by atoms with van der Waals surface area (Å²) in [7, 11) is 0. The summed E-state index contributed by atoms with van der Waals surface area (Å²) in [6.45, 7) is 3.57. The third-order valence-corrected chi connectivity index (χ3v) is 5.86. The maximum Gasteiger partial charge on any atom is 0.253 e. The molecule has 0 aliphatic carbocycles. The van der Waals surface area contributed by atoms with Crippen molar-refractivity contribution in [2.24, 2.45) is 0 Å². The van der Waals surface area contributed by atoms with Crippen LogP contribution in [0.4, 0.5) is 5.69 Å². The molecule has 0 radical (unpaired) electrons. The highest BCUT2D eigenvalue weighted by molar-refractivity contribution is 5.94. The Morgan fingerprint density at radius 2 is 1.34 bits per heavy atom. The molecule has 0 atom stereocenters. The Balaban J connectivity index is 1.23. The number of amides is 2. The summed E-state index contributed by atoms with van der Waals surface area (Å²) in [5, 5.41) is 2.96. The first-order valence-corrected chi connectivity index (χ1v) is 11.2. The molecule has 32 heavy (non-hydrogen) atoms. The van der Waals surface area contributed by atoms with Crippen LogP contribution in [0.25, 0.3) is 0 Å². The number of anilines is 1. The van der Waals surface area contributed by atoms with Crippen LogP contribution in [0.1, 0.15) is 27.9 Å². The molecular weight excluding hydrogens is 398 g/mol. The summed E-state index contributed by atoms with van der Waals surface area (Å²) < 4.78 is 0. The van der Waals surface area contributed by atoms with E-state index >= 15 is 0 Å². The number of piperazine rings is 1. The lowest BCUT2D eigenvalue weighted by Gasteiger charge is -2.36. The summed E-state index contributed by atoms with van der Waals surface area (Å²) in [5.41, 5.74) is 4.05. The van der Waals surface area contributed by atoms with E-state index in [-0.39, 0.29) is 11.8 Å². The maximum atomic E-state index is 12.9. The molecule has 3 aromatic rings. The van der Waals surface area contributed by atoms with Crippen LogP contribution in [-0.4, -0.2) is 42.9 Å². The minimum Gasteiger partial charge on any atom is -0.368 e. The number of nitrogens with zero attached hydrogens (tertiary/aromatic N) is 2. The molecule has 0 unspecified atom stereocenters. The number of nitrogens with one attached hydrogen (secondary N) is 1. The van der Waals surface area contributed by atoms with Crippen molar-refractivity contribution in [3.8, 4) is 0 Å². The van der Waals surface area contributed by atoms with E-state index in [1.165, 1.54) is 5.69 Å². The molecule has 1 N–H and O–H groups in total. The number of aryl methyl sites for hydroxylation is 1. The smallest absolute Gasteiger partial charge is 0.253 e. The van der Waals surface area contributed by atoms with Crippen molar-refractivity contribution in [3.63, 3.8) is 0 Å². The first-order chi connectivity index (χ1) is 15.7. The molecular formula is C27H29N3O2. The van der Waals surface area contributed by atoms with Gasteiger partial charge in [-0.1, -0.05) is 60.7 Å². The Labute approximate surface area is 189 Å². The first-order valence-electron chi connectivity index (χ1n) is 11.2. The second-order valence-electron chi connectivity index (χ2n) is 8.07. The molecule has 1 aliphatic heterocycles. The van der Waals surface area contributed by atoms with Gasteiger partial charge in [-0.15, -0.1) is 0 Å². The van der Waals surface area contributed by atoms with Crippen molar-refractivity contribution >= 4 is 17.5 Å². The Morgan fingerprint density at radius 3 is 2.00 bits per heavy atom. The van der Waals surface area contributed by atoms with Crippen LogP contribution in [0.15, 0.2) is 84.9 Å². The summed E-state index contributed by atoms with van der Waals surface area (Å²) >= 11 is 0. The summed E-state index contributed by atoms with van der Waals surface area (Å²) in [6.07, 6.45) is 1.20. The predicted molar refractivity (Wildman–Crippen MR) is 128 cm³/mol. The molecule has 2 amide bonds. The fourth-order valence-electron chi connectivity index (χ4n) is 3.95. The van der Waals surface area contributed by atoms with E-state index in [1.807, 2.05) is 77.7 Å². The minimum atomic E-state index is 0.0327. The summed E-state index contributed by atoms with van der Waals surface area (Å²) in [5.74, 6) is 0.0986. The molecule has 4 rings (SSSR count). The molecule has 164 valence electrons. The lowest BCUT2D eigenvalue weighted by molar-refractivity contribution is -0.121. The highest BCUT2D eigenvalue weighted by Gasteiger charge is 2.22. The van der Waals surface area contributed by atoms with Crippen molar-refractivity contribution in [2.75, 3.05) is 31.1 Å². The molecule has 3 aromatic carbocycles. The topological polar surface area (TPSA) is 52.7 Å². The Morgan fingerprint density at radius 1 is 0.719 bits per heavy atom. The van der Waals surface area contributed by atoms with Crippen molar-refractivity contribution in [2.45, 2.75) is 19.4 Å². The predicted octanol–water partition coefficient (Wildman–Crippen LogP) is 3.90. The van der Waals surface area contributed by atoms with Gasteiger partial charge in [0.15, 0.2) is 0 Å². The van der Waals surface area contributed by atoms with Crippen LogP contribution >= 0.6 is 0 Å². The van der Waals surface area contributed by atoms with E-state index in [0.29, 0.717) is 31.6 Å². The second kappa shape index (κ2) is 10.6. The first kappa shape index (κ1) is 21.6. The monoisotopic (exact) mass is 427 g/mol. The van der Waals surface area contributed by atoms with Crippen molar-refractivity contribution in [1.29, 1.82) is 0 Å². The van der Waals surface area contributed by atoms with E-state index in [0.717, 1.165) is 30.6 Å². The van der Waals surface area contributed by atoms with Crippen LogP contribution in [0.3, 0.4) is 0 Å². The van der Waals surface area contributed by atoms with Crippen molar-refractivity contribution in [3.05, 3.63) is 102 Å². The van der Waals surface area contributed by atoms with Crippen molar-refractivity contribution in [1.82, 2.24) is 10.2 Å². The van der Waals surface area contributed by atoms with Gasteiger partial charge >= 0.3 is 0 Å². The molecule has 0 saturated carbocycles. The average molecular weight is 428 g/mol. The fraction of sp³-hybridized carbons (Fsp3) is 0.259. The largest absolute Gasteiger partial charge is 0.368 e. The van der Waals surface area contributed by atoms with Gasteiger partial charge < -0.3 is 15.1 Å². The lowest BCUT2D eigenvalue weighted by atomic mass is 10.1. The Bertz CT molecular complexity index is 1010. The standard InChI is InChI=1S/C27H29N3O2/c31-26(16-13-22-7-3-1-4-8-22)28-21-23-11-14-24(15-12-23)27(32)30-19-17-29(18-20-30)25-9-5-2-6-10-25/h1-12,14-15H,13,16-21H2,(H,28,31). The highest BCUT2D eigenvalue weighted by atomic mass is 16.2. The molecule has 1 aliphatic rings. The number of para-hydroxylation sites is 1. The molecule has 1 saturated heterocycles. The number of hydrogen-bond acceptors (Lipinski definition) is 3. The van der Waals surface area contributed by atoms with Gasteiger partial charge in [-0.3, -0.25) is 9.59 Å². The van der Waals surface area contributed by atoms with Crippen molar-refractivity contribution < 1.29 is 9.59 Å². The molecule has 5 nitrogen and oxygen atoms in total. The molecule has 1 fully saturated rings. The SMILES string of the molecule is O=C(CCc1ccccc1)NCc1ccc(C(=O)N2CCN(c3ccccc3)CC2)cc1. The van der Waals surface area contributed by atoms with Gasteiger partial charge in [0.05, 0.1) is 0 Å². The highest BCUT2D eigenvalue weighted by Crippen LogP contribution is 2.17. The third-order valence-electron chi connectivity index (χ3n) is 5.86. The van der Waals surface area contributed by atoms with Gasteiger partial charge in [0.1, 0.15) is 0 Å². The van der Waals surface area contributed by atoms with Crippen LogP contribution < -0.4 is 10.2 Å². The zero-order valence-corrected chi connectivity index (χ0v) is 18.2. The van der Waals surface area contributed by atoms with Gasteiger partial charge in [-0.2, -0.15) is 0 Å². The minimum absolute atomic E-state index is 0.0327. The Kier molecular flexibility index (Phi) is 7.18. The maximum absolute atomic E-state index is 12.9. The Hall–Kier alpha value is -3.60. The van der Waals surface area contributed by atoms with E-state index in [4.69, 9.17) is 0 Å². The molecule has 0 spiro atoms. The van der Waals surface area contributed by atoms with Crippen LogP contribution in [0.5, 0.6) is 0 Å². The molecule has 5 heteroatoms. The quantitative estimate of drug-likeness (QED) is 0.622. The molecule has 0 aromatic heterocycles. The summed E-state index contributed by atoms with van der Waals surface area (Å²) in [4.78, 5) is 29.2. The van der Waals surface area contributed by atoms with Gasteiger partial charge in [-0.25, -0.2) is 0 Å². The second-order valence-corrected chi connectivity index (χ2v) is 8.07. The van der Waals surface area contributed by atoms with Gasteiger partial charge in [-0.05, 0) is 41.8 Å². The summed E-state index contributed by atoms with van der Waals surface area (Å²) in [6, 6.07) is 27.9. The van der Waals surface area contributed by atoms with Crippen LogP contribution in [-0.2, 0) is 17.8 Å². The van der Waals surface area contributed by atoms with Crippen LogP contribution in [0.2, 0.25) is 0 Å². The lowest BCUT2D eigenvalue weighted by Crippen LogP contribution is -2.48. The molecule has 1 heterocycles. The van der Waals surface area contributed by atoms with E-state index in [9.17, 15) is 9.59 Å². The zero-order valence-electron chi connectivity index (χ0n) is 18.2. The van der Waals surface area contributed by atoms with Crippen LogP contribution in [0, 0.1) is 0 Å². The van der Waals surface area contributed by atoms with E-state index in [1.54, 1.807) is 0 Å². The van der Waals surface area contributed by atoms with E-state index in [2.05, 4.69) is 22.3 Å². The zero-order chi connectivity index (χ0) is 22.2. The average Bonchev–Trinajstić information content (AvgIpc) is 2.87. The number of rotatable bonds is 7. The van der Waals surface area contributed by atoms with Gasteiger partial charge in [0, 0.05) is 50.4 Å². The fourth-order valence-corrected chi connectivity index (χ4v) is 3.95. The van der Waals surface area contributed by atoms with Gasteiger partial charge in [0.2, 0.25) is 5.91 Å². The normalized spacial score (nSPS) is 13.6. The third kappa shape index (κ3) is 5.76. The number of benzene rings is 3.